The summed E-state index contributed by atoms with van der Waals surface area (Å²) in [5.41, 5.74) is 6.07. The molecule has 154 valence electrons. The maximum absolute atomic E-state index is 12.6. The van der Waals surface area contributed by atoms with E-state index in [1.165, 1.54) is 11.3 Å². The number of aryl methyl sites for hydroxylation is 1. The van der Waals surface area contributed by atoms with Crippen molar-refractivity contribution in [1.82, 2.24) is 0 Å². The van der Waals surface area contributed by atoms with Crippen molar-refractivity contribution >= 4 is 28.9 Å². The molecule has 1 heterocycles. The lowest BCUT2D eigenvalue weighted by molar-refractivity contribution is -0.112. The fraction of sp³-hybridized carbons (Fsp3) is 0.308. The second kappa shape index (κ2) is 8.20. The van der Waals surface area contributed by atoms with Crippen LogP contribution in [-0.2, 0) is 4.79 Å². The van der Waals surface area contributed by atoms with Crippen molar-refractivity contribution in [2.75, 3.05) is 10.2 Å². The summed E-state index contributed by atoms with van der Waals surface area (Å²) in [5.74, 6) is -0.405. The molecule has 0 aromatic heterocycles. The lowest BCUT2D eigenvalue weighted by Crippen LogP contribution is -2.49. The Morgan fingerprint density at radius 1 is 1.17 bits per heavy atom. The van der Waals surface area contributed by atoms with E-state index in [4.69, 9.17) is 0 Å². The summed E-state index contributed by atoms with van der Waals surface area (Å²) >= 11 is 0. The van der Waals surface area contributed by atoms with Crippen molar-refractivity contribution in [3.8, 4) is 6.07 Å². The number of carbonyl (C=O) groups excluding carboxylic acids is 1. The molecule has 1 aliphatic rings. The number of nitriles is 1. The van der Waals surface area contributed by atoms with Crippen LogP contribution in [0.4, 0.5) is 11.4 Å². The highest BCUT2D eigenvalue weighted by Gasteiger charge is 2.32. The molecule has 0 unspecified atom stereocenters. The Bertz CT molecular complexity index is 1080. The quantitative estimate of drug-likeness (QED) is 0.510. The Hall–Kier alpha value is -3.32. The van der Waals surface area contributed by atoms with Gasteiger partial charge in [-0.3, -0.25) is 4.79 Å². The molecule has 2 aromatic carbocycles. The predicted octanol–water partition coefficient (Wildman–Crippen LogP) is 5.95. The number of benzene rings is 2. The average molecular weight is 400 g/mol. The molecule has 0 aliphatic carbocycles. The molecule has 1 amide bonds. The first kappa shape index (κ1) is 21.4. The predicted molar refractivity (Wildman–Crippen MR) is 125 cm³/mol. The topological polar surface area (TPSA) is 56.1 Å². The minimum absolute atomic E-state index is 0.0753. The lowest BCUT2D eigenvalue weighted by Gasteiger charge is -2.46. The lowest BCUT2D eigenvalue weighted by atomic mass is 9.87. The van der Waals surface area contributed by atoms with Crippen LogP contribution < -0.4 is 10.2 Å². The zero-order valence-electron chi connectivity index (χ0n) is 18.6. The Labute approximate surface area is 179 Å². The molecule has 30 heavy (non-hydrogen) atoms. The van der Waals surface area contributed by atoms with Gasteiger partial charge in [0.25, 0.3) is 5.91 Å². The van der Waals surface area contributed by atoms with Crippen LogP contribution in [0.3, 0.4) is 0 Å². The summed E-state index contributed by atoms with van der Waals surface area (Å²) in [7, 11) is 0. The van der Waals surface area contributed by atoms with E-state index in [2.05, 4.69) is 63.0 Å². The number of carbonyl (C=O) groups is 1. The maximum atomic E-state index is 12.6. The van der Waals surface area contributed by atoms with Gasteiger partial charge in [-0.25, -0.2) is 0 Å². The van der Waals surface area contributed by atoms with E-state index in [0.29, 0.717) is 11.7 Å². The van der Waals surface area contributed by atoms with Gasteiger partial charge in [-0.05, 0) is 88.6 Å². The van der Waals surface area contributed by atoms with Crippen LogP contribution in [0.1, 0.15) is 51.3 Å². The van der Waals surface area contributed by atoms with Crippen molar-refractivity contribution in [3.05, 3.63) is 70.8 Å². The number of amides is 1. The van der Waals surface area contributed by atoms with Crippen molar-refractivity contribution in [3.63, 3.8) is 0 Å². The number of allylic oxidation sites excluding steroid dienone is 1. The van der Waals surface area contributed by atoms with Crippen LogP contribution in [0.15, 0.2) is 54.1 Å². The normalized spacial score (nSPS) is 15.3. The number of rotatable bonds is 4. The molecule has 0 saturated carbocycles. The van der Waals surface area contributed by atoms with Gasteiger partial charge in [-0.2, -0.15) is 5.26 Å². The van der Waals surface area contributed by atoms with Gasteiger partial charge in [-0.15, -0.1) is 0 Å². The van der Waals surface area contributed by atoms with E-state index in [0.717, 1.165) is 16.7 Å². The Balaban J connectivity index is 1.95. The largest absolute Gasteiger partial charge is 0.360 e. The van der Waals surface area contributed by atoms with Crippen molar-refractivity contribution in [2.45, 2.75) is 53.1 Å². The van der Waals surface area contributed by atoms with E-state index < -0.39 is 5.91 Å². The maximum Gasteiger partial charge on any atom is 0.266 e. The molecule has 0 fully saturated rings. The molecule has 1 aliphatic heterocycles. The summed E-state index contributed by atoms with van der Waals surface area (Å²) in [6.45, 7) is 12.9. The standard InChI is InChI=1S/C26H29N3O/c1-17(2)29-24-11-10-20(14-23(24)19(4)15-26(29,5)6)13-21(16-27)25(30)28-22-9-7-8-18(3)12-22/h7-15,17H,1-6H3,(H,28,30)/b21-13-. The van der Waals surface area contributed by atoms with Gasteiger partial charge < -0.3 is 10.2 Å². The Morgan fingerprint density at radius 3 is 2.53 bits per heavy atom. The molecule has 3 rings (SSSR count). The minimum Gasteiger partial charge on any atom is -0.360 e. The highest BCUT2D eigenvalue weighted by atomic mass is 16.1. The van der Waals surface area contributed by atoms with Crippen LogP contribution in [0.2, 0.25) is 0 Å². The van der Waals surface area contributed by atoms with Gasteiger partial charge in [0, 0.05) is 23.0 Å². The summed E-state index contributed by atoms with van der Waals surface area (Å²) in [6, 6.07) is 16.0. The Morgan fingerprint density at radius 2 is 1.90 bits per heavy atom. The molecule has 0 saturated heterocycles. The SMILES string of the molecule is CC1=CC(C)(C)N(C(C)C)c2ccc(/C=C(/C#N)C(=O)Nc3cccc(C)c3)cc21. The zero-order chi connectivity index (χ0) is 22.1. The molecule has 0 radical (unpaired) electrons. The van der Waals surface area contributed by atoms with Crippen LogP contribution in [0, 0.1) is 18.3 Å². The third kappa shape index (κ3) is 4.31. The molecule has 0 spiro atoms. The second-order valence-electron chi connectivity index (χ2n) is 8.71. The van der Waals surface area contributed by atoms with Gasteiger partial charge in [-0.1, -0.05) is 24.3 Å². The van der Waals surface area contributed by atoms with Crippen molar-refractivity contribution in [1.29, 1.82) is 5.26 Å². The Kier molecular flexibility index (Phi) is 5.85. The van der Waals surface area contributed by atoms with E-state index in [1.807, 2.05) is 43.3 Å². The fourth-order valence-corrected chi connectivity index (χ4v) is 4.34. The zero-order valence-corrected chi connectivity index (χ0v) is 18.6. The highest BCUT2D eigenvalue weighted by molar-refractivity contribution is 6.09. The molecule has 0 atom stereocenters. The van der Waals surface area contributed by atoms with Crippen LogP contribution in [0.25, 0.3) is 11.6 Å². The summed E-state index contributed by atoms with van der Waals surface area (Å²) in [5, 5.41) is 12.4. The summed E-state index contributed by atoms with van der Waals surface area (Å²) in [6.07, 6.45) is 3.93. The second-order valence-corrected chi connectivity index (χ2v) is 8.71. The first-order valence-electron chi connectivity index (χ1n) is 10.3. The third-order valence-electron chi connectivity index (χ3n) is 5.36. The number of fused-ring (bicyclic) bond motifs is 1. The first-order chi connectivity index (χ1) is 14.1. The van der Waals surface area contributed by atoms with Gasteiger partial charge in [0.2, 0.25) is 0 Å². The molecule has 4 heteroatoms. The van der Waals surface area contributed by atoms with Gasteiger partial charge >= 0.3 is 0 Å². The van der Waals surface area contributed by atoms with Gasteiger partial charge in [0.05, 0.1) is 5.54 Å². The highest BCUT2D eigenvalue weighted by Crippen LogP contribution is 2.40. The summed E-state index contributed by atoms with van der Waals surface area (Å²) in [4.78, 5) is 15.0. The fourth-order valence-electron chi connectivity index (χ4n) is 4.34. The number of hydrogen-bond donors (Lipinski definition) is 1. The number of anilines is 2. The van der Waals surface area contributed by atoms with Gasteiger partial charge in [0.15, 0.2) is 0 Å². The number of nitrogens with one attached hydrogen (secondary N) is 1. The molecule has 0 bridgehead atoms. The molecular formula is C26H29N3O. The molecular weight excluding hydrogens is 370 g/mol. The van der Waals surface area contributed by atoms with Crippen molar-refractivity contribution in [2.24, 2.45) is 0 Å². The van der Waals surface area contributed by atoms with Crippen LogP contribution in [-0.4, -0.2) is 17.5 Å². The average Bonchev–Trinajstić information content (AvgIpc) is 2.65. The van der Waals surface area contributed by atoms with Gasteiger partial charge in [0.1, 0.15) is 11.6 Å². The first-order valence-corrected chi connectivity index (χ1v) is 10.3. The minimum atomic E-state index is -0.405. The summed E-state index contributed by atoms with van der Waals surface area (Å²) < 4.78 is 0. The van der Waals surface area contributed by atoms with Crippen molar-refractivity contribution < 1.29 is 4.79 Å². The van der Waals surface area contributed by atoms with E-state index in [9.17, 15) is 10.1 Å². The van der Waals surface area contributed by atoms with E-state index in [1.54, 1.807) is 6.08 Å². The smallest absolute Gasteiger partial charge is 0.266 e. The molecule has 4 nitrogen and oxygen atoms in total. The molecule has 2 aromatic rings. The number of hydrogen-bond acceptors (Lipinski definition) is 3. The van der Waals surface area contributed by atoms with Crippen LogP contribution >= 0.6 is 0 Å². The van der Waals surface area contributed by atoms with E-state index >= 15 is 0 Å². The van der Waals surface area contributed by atoms with Crippen LogP contribution in [0.5, 0.6) is 0 Å². The third-order valence-corrected chi connectivity index (χ3v) is 5.36. The molecule has 1 N–H and O–H groups in total. The monoisotopic (exact) mass is 399 g/mol. The number of nitrogens with zero attached hydrogens (tertiary/aromatic N) is 2. The van der Waals surface area contributed by atoms with E-state index in [-0.39, 0.29) is 11.1 Å².